The van der Waals surface area contributed by atoms with Crippen molar-refractivity contribution < 1.29 is 14.3 Å². The smallest absolute Gasteiger partial charge is 0.276 e. The number of benzene rings is 2. The van der Waals surface area contributed by atoms with Crippen LogP contribution in [-0.4, -0.2) is 28.6 Å². The minimum atomic E-state index is -0.112. The van der Waals surface area contributed by atoms with Gasteiger partial charge in [-0.2, -0.15) is 5.26 Å². The first-order valence-corrected chi connectivity index (χ1v) is 12.2. The molecule has 1 N–H and O–H groups in total. The number of hydrogen-bond acceptors (Lipinski definition) is 5. The van der Waals surface area contributed by atoms with Gasteiger partial charge in [0.25, 0.3) is 5.91 Å². The summed E-state index contributed by atoms with van der Waals surface area (Å²) in [5.41, 5.74) is 2.42. The standard InChI is InChI=1S/C26H26ClN3O3S/c1-2-32-23-14-17(12-21(27)24(23)33-16-19-9-7-6-8-18(19)15-28)13-22-25(31)30(26(34)29-22)20-10-4-3-5-11-20/h6-9,12-14,20H,2-5,10-11,16H2,1H3,(H,29,34)/b22-13-. The van der Waals surface area contributed by atoms with E-state index in [1.54, 1.807) is 29.2 Å². The first-order valence-electron chi connectivity index (χ1n) is 11.4. The summed E-state index contributed by atoms with van der Waals surface area (Å²) in [5.74, 6) is 0.747. The Bertz CT molecular complexity index is 1170. The zero-order valence-electron chi connectivity index (χ0n) is 19.0. The summed E-state index contributed by atoms with van der Waals surface area (Å²) in [5, 5.41) is 13.2. The fourth-order valence-corrected chi connectivity index (χ4v) is 4.98. The molecule has 8 heteroatoms. The van der Waals surface area contributed by atoms with Crippen molar-refractivity contribution in [1.82, 2.24) is 10.2 Å². The first-order chi connectivity index (χ1) is 16.5. The zero-order chi connectivity index (χ0) is 24.1. The molecule has 2 aliphatic rings. The first kappa shape index (κ1) is 24.1. The van der Waals surface area contributed by atoms with Gasteiger partial charge in [-0.3, -0.25) is 9.69 Å². The van der Waals surface area contributed by atoms with Crippen molar-refractivity contribution in [3.63, 3.8) is 0 Å². The van der Waals surface area contributed by atoms with Crippen LogP contribution in [-0.2, 0) is 11.4 Å². The summed E-state index contributed by atoms with van der Waals surface area (Å²) in [7, 11) is 0. The Balaban J connectivity index is 1.57. The van der Waals surface area contributed by atoms with Gasteiger partial charge in [-0.15, -0.1) is 0 Å². The fraction of sp³-hybridized carbons (Fsp3) is 0.346. The van der Waals surface area contributed by atoms with Crippen molar-refractivity contribution in [3.05, 3.63) is 63.8 Å². The van der Waals surface area contributed by atoms with Gasteiger partial charge in [0.15, 0.2) is 16.6 Å². The number of nitrogens with one attached hydrogen (secondary N) is 1. The normalized spacial score (nSPS) is 17.6. The number of carbonyl (C=O) groups is 1. The minimum Gasteiger partial charge on any atom is -0.490 e. The van der Waals surface area contributed by atoms with Crippen molar-refractivity contribution in [2.45, 2.75) is 51.7 Å². The molecule has 2 aromatic rings. The second kappa shape index (κ2) is 10.9. The molecule has 0 unspecified atom stereocenters. The van der Waals surface area contributed by atoms with Crippen LogP contribution < -0.4 is 14.8 Å². The van der Waals surface area contributed by atoms with E-state index in [9.17, 15) is 10.1 Å². The predicted octanol–water partition coefficient (Wildman–Crippen LogP) is 5.58. The van der Waals surface area contributed by atoms with Gasteiger partial charge in [-0.25, -0.2) is 0 Å². The molecule has 1 aliphatic carbocycles. The van der Waals surface area contributed by atoms with Crippen molar-refractivity contribution in [1.29, 1.82) is 5.26 Å². The van der Waals surface area contributed by atoms with Gasteiger partial charge >= 0.3 is 0 Å². The molecule has 176 valence electrons. The molecule has 1 saturated carbocycles. The molecule has 1 amide bonds. The Hall–Kier alpha value is -3.08. The highest BCUT2D eigenvalue weighted by atomic mass is 35.5. The summed E-state index contributed by atoms with van der Waals surface area (Å²) in [6.45, 7) is 2.46. The molecule has 0 bridgehead atoms. The van der Waals surface area contributed by atoms with Crippen LogP contribution in [0.3, 0.4) is 0 Å². The van der Waals surface area contributed by atoms with E-state index >= 15 is 0 Å². The quantitative estimate of drug-likeness (QED) is 0.399. The molecule has 1 saturated heterocycles. The van der Waals surface area contributed by atoms with Crippen LogP contribution in [0.5, 0.6) is 11.5 Å². The molecule has 34 heavy (non-hydrogen) atoms. The van der Waals surface area contributed by atoms with Gasteiger partial charge in [0.1, 0.15) is 12.3 Å². The maximum Gasteiger partial charge on any atom is 0.276 e. The van der Waals surface area contributed by atoms with Gasteiger partial charge in [0.05, 0.1) is 23.3 Å². The Morgan fingerprint density at radius 1 is 1.24 bits per heavy atom. The SMILES string of the molecule is CCOc1cc(/C=C2\NC(=S)N(C3CCCCC3)C2=O)cc(Cl)c1OCc1ccccc1C#N. The molecular weight excluding hydrogens is 470 g/mol. The van der Waals surface area contributed by atoms with Gasteiger partial charge in [-0.05, 0) is 61.8 Å². The maximum atomic E-state index is 13.1. The van der Waals surface area contributed by atoms with E-state index in [1.807, 2.05) is 25.1 Å². The molecule has 2 fully saturated rings. The van der Waals surface area contributed by atoms with Crippen molar-refractivity contribution in [2.75, 3.05) is 6.61 Å². The predicted molar refractivity (Wildman–Crippen MR) is 136 cm³/mol. The molecule has 1 aliphatic heterocycles. The van der Waals surface area contributed by atoms with Crippen LogP contribution in [0.4, 0.5) is 0 Å². The number of hydrogen-bond donors (Lipinski definition) is 1. The van der Waals surface area contributed by atoms with E-state index in [0.717, 1.165) is 31.2 Å². The largest absolute Gasteiger partial charge is 0.490 e. The van der Waals surface area contributed by atoms with Crippen molar-refractivity contribution in [2.24, 2.45) is 0 Å². The van der Waals surface area contributed by atoms with Crippen LogP contribution in [0.2, 0.25) is 5.02 Å². The summed E-state index contributed by atoms with van der Waals surface area (Å²) in [6.07, 6.45) is 7.12. The molecule has 0 atom stereocenters. The Labute approximate surface area is 210 Å². The number of nitriles is 1. The van der Waals surface area contributed by atoms with Gasteiger partial charge < -0.3 is 14.8 Å². The maximum absolute atomic E-state index is 13.1. The third-order valence-corrected chi connectivity index (χ3v) is 6.58. The summed E-state index contributed by atoms with van der Waals surface area (Å²) < 4.78 is 11.8. The van der Waals surface area contributed by atoms with E-state index in [1.165, 1.54) is 6.42 Å². The van der Waals surface area contributed by atoms with Gasteiger partial charge in [0.2, 0.25) is 0 Å². The lowest BCUT2D eigenvalue weighted by Crippen LogP contribution is -2.41. The second-order valence-corrected chi connectivity index (χ2v) is 9.07. The molecule has 0 aromatic heterocycles. The average molecular weight is 496 g/mol. The van der Waals surface area contributed by atoms with Gasteiger partial charge in [0, 0.05) is 11.6 Å². The number of nitrogens with zero attached hydrogens (tertiary/aromatic N) is 2. The molecule has 0 spiro atoms. The Morgan fingerprint density at radius 2 is 2.00 bits per heavy atom. The number of carbonyl (C=O) groups excluding carboxylic acids is 1. The van der Waals surface area contributed by atoms with E-state index in [2.05, 4.69) is 11.4 Å². The van der Waals surface area contributed by atoms with Crippen LogP contribution in [0, 0.1) is 11.3 Å². The lowest BCUT2D eigenvalue weighted by Gasteiger charge is -2.29. The highest BCUT2D eigenvalue weighted by Crippen LogP contribution is 2.38. The minimum absolute atomic E-state index is 0.112. The monoisotopic (exact) mass is 495 g/mol. The fourth-order valence-electron chi connectivity index (χ4n) is 4.37. The topological polar surface area (TPSA) is 74.6 Å². The molecule has 2 aromatic carbocycles. The Morgan fingerprint density at radius 3 is 2.74 bits per heavy atom. The number of ether oxygens (including phenoxy) is 2. The van der Waals surface area contributed by atoms with E-state index in [4.69, 9.17) is 33.3 Å². The number of amides is 1. The van der Waals surface area contributed by atoms with Crippen LogP contribution in [0.25, 0.3) is 6.08 Å². The van der Waals surface area contributed by atoms with Crippen LogP contribution in [0.15, 0.2) is 42.1 Å². The third kappa shape index (κ3) is 5.19. The summed E-state index contributed by atoms with van der Waals surface area (Å²) >= 11 is 12.0. The van der Waals surface area contributed by atoms with Gasteiger partial charge in [-0.1, -0.05) is 49.1 Å². The van der Waals surface area contributed by atoms with E-state index in [-0.39, 0.29) is 18.6 Å². The van der Waals surface area contributed by atoms with Crippen molar-refractivity contribution in [3.8, 4) is 17.6 Å². The summed E-state index contributed by atoms with van der Waals surface area (Å²) in [6, 6.07) is 13.1. The molecule has 6 nitrogen and oxygen atoms in total. The molecule has 1 heterocycles. The lowest BCUT2D eigenvalue weighted by atomic mass is 9.94. The average Bonchev–Trinajstić information content (AvgIpc) is 3.12. The molecule has 0 radical (unpaired) electrons. The number of thiocarbonyl (C=S) groups is 1. The highest BCUT2D eigenvalue weighted by Gasteiger charge is 2.36. The zero-order valence-corrected chi connectivity index (χ0v) is 20.5. The summed E-state index contributed by atoms with van der Waals surface area (Å²) in [4.78, 5) is 14.8. The highest BCUT2D eigenvalue weighted by molar-refractivity contribution is 7.80. The van der Waals surface area contributed by atoms with E-state index < -0.39 is 0 Å². The molecular formula is C26H26ClN3O3S. The second-order valence-electron chi connectivity index (χ2n) is 8.28. The lowest BCUT2D eigenvalue weighted by molar-refractivity contribution is -0.124. The van der Waals surface area contributed by atoms with Crippen LogP contribution in [0.1, 0.15) is 55.7 Å². The van der Waals surface area contributed by atoms with Crippen LogP contribution >= 0.6 is 23.8 Å². The number of halogens is 1. The Kier molecular flexibility index (Phi) is 7.71. The van der Waals surface area contributed by atoms with E-state index in [0.29, 0.717) is 45.1 Å². The molecule has 4 rings (SSSR count). The van der Waals surface area contributed by atoms with Crippen molar-refractivity contribution >= 4 is 40.9 Å². The third-order valence-electron chi connectivity index (χ3n) is 6.00. The number of rotatable bonds is 7.